The van der Waals surface area contributed by atoms with Crippen LogP contribution in [0, 0.1) is 10.8 Å². The van der Waals surface area contributed by atoms with E-state index in [9.17, 15) is 0 Å². The molecule has 0 saturated carbocycles. The Morgan fingerprint density at radius 1 is 1.00 bits per heavy atom. The maximum absolute atomic E-state index is 8.52. The molecule has 5 nitrogen and oxygen atoms in total. The van der Waals surface area contributed by atoms with Crippen LogP contribution in [0.2, 0.25) is 0 Å². The molecule has 1 saturated heterocycles. The van der Waals surface area contributed by atoms with E-state index in [1.807, 2.05) is 0 Å². The Kier molecular flexibility index (Phi) is 7.26. The second kappa shape index (κ2) is 7.20. The maximum atomic E-state index is 8.52. The average Bonchev–Trinajstić information content (AvgIpc) is 1.90. The largest absolute Gasteiger partial charge is 0.377 e. The SMILES string of the molecule is C1COCCO1.[O-][Cl+2]([O-])O. The normalized spacial score (nSPS) is 18.0. The maximum Gasteiger partial charge on any atom is 0.282 e. The quantitative estimate of drug-likeness (QED) is 0.424. The smallest absolute Gasteiger partial charge is 0.282 e. The van der Waals surface area contributed by atoms with Crippen LogP contribution in [-0.4, -0.2) is 31.1 Å². The van der Waals surface area contributed by atoms with Crippen molar-refractivity contribution in [2.45, 2.75) is 0 Å². The average molecular weight is 173 g/mol. The highest BCUT2D eigenvalue weighted by Gasteiger charge is 1.94. The van der Waals surface area contributed by atoms with Crippen LogP contribution in [0.1, 0.15) is 0 Å². The third kappa shape index (κ3) is 11.0. The van der Waals surface area contributed by atoms with Crippen molar-refractivity contribution in [1.29, 1.82) is 0 Å². The van der Waals surface area contributed by atoms with Gasteiger partial charge in [-0.3, -0.25) is 0 Å². The van der Waals surface area contributed by atoms with E-state index in [0.717, 1.165) is 26.4 Å². The first-order valence-electron chi connectivity index (χ1n) is 2.63. The Morgan fingerprint density at radius 2 is 1.20 bits per heavy atom. The molecule has 0 radical (unpaired) electrons. The second-order valence-corrected chi connectivity index (χ2v) is 1.83. The van der Waals surface area contributed by atoms with E-state index in [4.69, 9.17) is 23.5 Å². The monoisotopic (exact) mass is 172 g/mol. The van der Waals surface area contributed by atoms with Gasteiger partial charge in [0.05, 0.1) is 26.4 Å². The van der Waals surface area contributed by atoms with Gasteiger partial charge in [0.1, 0.15) is 0 Å². The van der Waals surface area contributed by atoms with Gasteiger partial charge in [-0.05, 0) is 0 Å². The van der Waals surface area contributed by atoms with Crippen LogP contribution < -0.4 is 9.32 Å². The van der Waals surface area contributed by atoms with Gasteiger partial charge < -0.3 is 18.8 Å². The first-order chi connectivity index (χ1) is 4.73. The summed E-state index contributed by atoms with van der Waals surface area (Å²) in [5.74, 6) is 0. The summed E-state index contributed by atoms with van der Waals surface area (Å²) >= 11 is 0. The summed E-state index contributed by atoms with van der Waals surface area (Å²) in [5.41, 5.74) is 0. The lowest BCUT2D eigenvalue weighted by molar-refractivity contribution is -1.63. The topological polar surface area (TPSA) is 84.8 Å². The van der Waals surface area contributed by atoms with Crippen molar-refractivity contribution in [3.8, 4) is 0 Å². The van der Waals surface area contributed by atoms with Gasteiger partial charge in [-0.2, -0.15) is 0 Å². The minimum atomic E-state index is -2.60. The summed E-state index contributed by atoms with van der Waals surface area (Å²) in [7, 11) is -2.60. The number of hydrogen-bond acceptors (Lipinski definition) is 5. The molecular weight excluding hydrogens is 163 g/mol. The summed E-state index contributed by atoms with van der Waals surface area (Å²) in [5, 5.41) is 0. The van der Waals surface area contributed by atoms with Crippen LogP contribution in [0.25, 0.3) is 0 Å². The molecule has 0 aliphatic carbocycles. The van der Waals surface area contributed by atoms with Gasteiger partial charge in [-0.15, -0.1) is 0 Å². The summed E-state index contributed by atoms with van der Waals surface area (Å²) in [6, 6.07) is 0. The number of hydrogen-bond donors (Lipinski definition) is 1. The Hall–Kier alpha value is 0.0900. The summed E-state index contributed by atoms with van der Waals surface area (Å²) in [6.07, 6.45) is 0. The van der Waals surface area contributed by atoms with Crippen molar-refractivity contribution < 1.29 is 34.2 Å². The van der Waals surface area contributed by atoms with Crippen molar-refractivity contribution in [3.63, 3.8) is 0 Å². The van der Waals surface area contributed by atoms with Crippen molar-refractivity contribution >= 4 is 0 Å². The zero-order valence-corrected chi connectivity index (χ0v) is 6.04. The Bertz CT molecular complexity index is 50.4. The van der Waals surface area contributed by atoms with E-state index in [0.29, 0.717) is 0 Å². The number of ether oxygens (including phenoxy) is 2. The molecule has 1 rings (SSSR count). The minimum Gasteiger partial charge on any atom is -0.377 e. The van der Waals surface area contributed by atoms with Crippen molar-refractivity contribution in [1.82, 2.24) is 0 Å². The van der Waals surface area contributed by atoms with Gasteiger partial charge >= 0.3 is 0 Å². The van der Waals surface area contributed by atoms with Crippen molar-refractivity contribution in [2.75, 3.05) is 26.4 Å². The molecule has 1 fully saturated rings. The third-order valence-electron chi connectivity index (χ3n) is 0.744. The fraction of sp³-hybridized carbons (Fsp3) is 1.00. The lowest BCUT2D eigenvalue weighted by atomic mass is 10.6. The van der Waals surface area contributed by atoms with E-state index in [2.05, 4.69) is 0 Å². The Labute approximate surface area is 61.6 Å². The Balaban J connectivity index is 0.000000180. The van der Waals surface area contributed by atoms with Gasteiger partial charge in [0.2, 0.25) is 0 Å². The van der Waals surface area contributed by atoms with Gasteiger partial charge in [-0.25, -0.2) is 0 Å². The molecule has 10 heavy (non-hydrogen) atoms. The molecule has 0 aromatic rings. The van der Waals surface area contributed by atoms with Crippen molar-refractivity contribution in [2.24, 2.45) is 0 Å². The van der Waals surface area contributed by atoms with Crippen LogP contribution >= 0.6 is 0 Å². The van der Waals surface area contributed by atoms with Crippen LogP contribution in [0.15, 0.2) is 0 Å². The van der Waals surface area contributed by atoms with E-state index < -0.39 is 10.8 Å². The molecule has 0 aromatic carbocycles. The predicted molar refractivity (Wildman–Crippen MR) is 23.9 cm³/mol. The number of halogens is 1. The second-order valence-electron chi connectivity index (χ2n) is 1.43. The first-order valence-corrected chi connectivity index (χ1v) is 3.59. The molecule has 6 heteroatoms. The highest BCUT2D eigenvalue weighted by atomic mass is 35.6. The molecule has 1 aliphatic rings. The predicted octanol–water partition coefficient (Wildman–Crippen LogP) is -2.90. The molecular formula is C4H9ClO5. The summed E-state index contributed by atoms with van der Waals surface area (Å²) in [4.78, 5) is 0. The van der Waals surface area contributed by atoms with Crippen LogP contribution in [0.5, 0.6) is 0 Å². The fourth-order valence-corrected chi connectivity index (χ4v) is 0.440. The van der Waals surface area contributed by atoms with Crippen LogP contribution in [0.4, 0.5) is 0 Å². The molecule has 0 atom stereocenters. The van der Waals surface area contributed by atoms with E-state index in [1.54, 1.807) is 0 Å². The van der Waals surface area contributed by atoms with Gasteiger partial charge in [0.15, 0.2) is 0 Å². The molecule has 1 heterocycles. The Morgan fingerprint density at radius 3 is 1.30 bits per heavy atom. The van der Waals surface area contributed by atoms with Gasteiger partial charge in [-0.1, -0.05) is 0 Å². The van der Waals surface area contributed by atoms with Crippen LogP contribution in [-0.2, 0) is 9.47 Å². The molecule has 0 bridgehead atoms. The van der Waals surface area contributed by atoms with Crippen LogP contribution in [0.3, 0.4) is 0 Å². The standard InChI is InChI=1S/C4H8O2.ClHO3/c1-2-6-4-3-5-1;2-1(3)4/h1-4H2;2H. The highest BCUT2D eigenvalue weighted by molar-refractivity contribution is 4.37. The molecule has 0 unspecified atom stereocenters. The lowest BCUT2D eigenvalue weighted by Crippen LogP contribution is -2.30. The van der Waals surface area contributed by atoms with Gasteiger partial charge in [0, 0.05) is 4.66 Å². The van der Waals surface area contributed by atoms with E-state index in [1.165, 1.54) is 0 Å². The van der Waals surface area contributed by atoms with Gasteiger partial charge in [0.25, 0.3) is 10.8 Å². The molecule has 1 N–H and O–H groups in total. The zero-order valence-electron chi connectivity index (χ0n) is 5.29. The first kappa shape index (κ1) is 10.1. The molecule has 0 spiro atoms. The molecule has 0 amide bonds. The minimum absolute atomic E-state index is 0.778. The summed E-state index contributed by atoms with van der Waals surface area (Å²) in [6.45, 7) is 3.11. The number of rotatable bonds is 0. The molecule has 0 aromatic heterocycles. The van der Waals surface area contributed by atoms with E-state index >= 15 is 0 Å². The zero-order chi connectivity index (χ0) is 7.82. The third-order valence-corrected chi connectivity index (χ3v) is 0.744. The molecule has 1 aliphatic heterocycles. The van der Waals surface area contributed by atoms with Crippen molar-refractivity contribution in [3.05, 3.63) is 0 Å². The van der Waals surface area contributed by atoms with E-state index in [-0.39, 0.29) is 0 Å². The highest BCUT2D eigenvalue weighted by Crippen LogP contribution is 1.85. The molecule has 62 valence electrons. The summed E-state index contributed by atoms with van der Waals surface area (Å²) < 4.78 is 33.9. The fourth-order valence-electron chi connectivity index (χ4n) is 0.440. The lowest BCUT2D eigenvalue weighted by Gasteiger charge is -2.09.